The van der Waals surface area contributed by atoms with E-state index in [4.69, 9.17) is 10.2 Å². The molecule has 0 aliphatic heterocycles. The predicted octanol–water partition coefficient (Wildman–Crippen LogP) is 3.62. The van der Waals surface area contributed by atoms with Crippen molar-refractivity contribution >= 4 is 11.0 Å². The largest absolute Gasteiger partial charge is 0.459 e. The second kappa shape index (κ2) is 4.26. The molecule has 86 valence electrons. The number of halogens is 1. The van der Waals surface area contributed by atoms with Crippen molar-refractivity contribution in [3.63, 3.8) is 0 Å². The van der Waals surface area contributed by atoms with Crippen LogP contribution in [0.15, 0.2) is 28.7 Å². The Morgan fingerprint density at radius 2 is 2.12 bits per heavy atom. The molecule has 0 saturated carbocycles. The van der Waals surface area contributed by atoms with Crippen LogP contribution < -0.4 is 5.73 Å². The monoisotopic (exact) mass is 221 g/mol. The van der Waals surface area contributed by atoms with Crippen LogP contribution in [0, 0.1) is 11.7 Å². The van der Waals surface area contributed by atoms with E-state index in [-0.39, 0.29) is 11.9 Å². The fourth-order valence-electron chi connectivity index (χ4n) is 1.73. The van der Waals surface area contributed by atoms with Crippen LogP contribution >= 0.6 is 0 Å². The van der Waals surface area contributed by atoms with Crippen LogP contribution in [0.2, 0.25) is 0 Å². The first-order valence-corrected chi connectivity index (χ1v) is 5.56. The SMILES string of the molecule is CCC(C)[C@@H](N)c1cc2cc(F)ccc2o1. The average Bonchev–Trinajstić information content (AvgIpc) is 2.69. The first-order valence-electron chi connectivity index (χ1n) is 5.56. The molecule has 16 heavy (non-hydrogen) atoms. The van der Waals surface area contributed by atoms with Gasteiger partial charge in [-0.05, 0) is 30.2 Å². The summed E-state index contributed by atoms with van der Waals surface area (Å²) in [5, 5.41) is 0.772. The molecule has 2 N–H and O–H groups in total. The second-order valence-electron chi connectivity index (χ2n) is 4.24. The average molecular weight is 221 g/mol. The second-order valence-corrected chi connectivity index (χ2v) is 4.24. The van der Waals surface area contributed by atoms with Crippen LogP contribution in [-0.4, -0.2) is 0 Å². The van der Waals surface area contributed by atoms with Crippen LogP contribution in [-0.2, 0) is 0 Å². The maximum Gasteiger partial charge on any atom is 0.134 e. The minimum atomic E-state index is -0.253. The van der Waals surface area contributed by atoms with E-state index in [1.165, 1.54) is 12.1 Å². The standard InChI is InChI=1S/C13H16FNO/c1-3-8(2)13(15)12-7-9-6-10(14)4-5-11(9)16-12/h4-8,13H,3,15H2,1-2H3/t8?,13-/m1/s1. The number of rotatable bonds is 3. The summed E-state index contributed by atoms with van der Waals surface area (Å²) in [5.74, 6) is 0.831. The number of hydrogen-bond donors (Lipinski definition) is 1. The van der Waals surface area contributed by atoms with E-state index in [2.05, 4.69) is 13.8 Å². The Kier molecular flexibility index (Phi) is 2.97. The Hall–Kier alpha value is -1.35. The number of fused-ring (bicyclic) bond motifs is 1. The van der Waals surface area contributed by atoms with Gasteiger partial charge in [0.1, 0.15) is 17.2 Å². The smallest absolute Gasteiger partial charge is 0.134 e. The molecule has 0 saturated heterocycles. The maximum absolute atomic E-state index is 13.0. The van der Waals surface area contributed by atoms with Gasteiger partial charge in [-0.2, -0.15) is 0 Å². The Balaban J connectivity index is 2.39. The molecule has 2 rings (SSSR count). The van der Waals surface area contributed by atoms with Crippen molar-refractivity contribution in [1.82, 2.24) is 0 Å². The summed E-state index contributed by atoms with van der Waals surface area (Å²) in [6.07, 6.45) is 0.993. The van der Waals surface area contributed by atoms with Crippen LogP contribution in [0.1, 0.15) is 32.1 Å². The molecule has 1 aromatic carbocycles. The lowest BCUT2D eigenvalue weighted by Crippen LogP contribution is -2.17. The van der Waals surface area contributed by atoms with Crippen LogP contribution in [0.5, 0.6) is 0 Å². The molecule has 1 unspecified atom stereocenters. The molecule has 2 nitrogen and oxygen atoms in total. The van der Waals surface area contributed by atoms with Gasteiger partial charge in [0.15, 0.2) is 0 Å². The van der Waals surface area contributed by atoms with E-state index in [0.29, 0.717) is 11.5 Å². The Morgan fingerprint density at radius 3 is 2.81 bits per heavy atom. The maximum atomic E-state index is 13.0. The van der Waals surface area contributed by atoms with Crippen molar-refractivity contribution in [2.75, 3.05) is 0 Å². The predicted molar refractivity (Wildman–Crippen MR) is 62.6 cm³/mol. The lowest BCUT2D eigenvalue weighted by atomic mass is 9.98. The molecule has 2 atom stereocenters. The fraction of sp³-hybridized carbons (Fsp3) is 0.385. The van der Waals surface area contributed by atoms with Gasteiger partial charge < -0.3 is 10.2 Å². The zero-order valence-electron chi connectivity index (χ0n) is 9.53. The first kappa shape index (κ1) is 11.1. The molecular weight excluding hydrogens is 205 g/mol. The van der Waals surface area contributed by atoms with Crippen molar-refractivity contribution in [3.05, 3.63) is 35.8 Å². The summed E-state index contributed by atoms with van der Waals surface area (Å²) in [4.78, 5) is 0. The van der Waals surface area contributed by atoms with Crippen molar-refractivity contribution in [2.24, 2.45) is 11.7 Å². The molecule has 0 aliphatic carbocycles. The van der Waals surface area contributed by atoms with E-state index in [1.54, 1.807) is 6.07 Å². The summed E-state index contributed by atoms with van der Waals surface area (Å²) in [7, 11) is 0. The molecule has 0 bridgehead atoms. The van der Waals surface area contributed by atoms with Crippen molar-refractivity contribution in [1.29, 1.82) is 0 Å². The number of furan rings is 1. The molecule has 2 aromatic rings. The van der Waals surface area contributed by atoms with Gasteiger partial charge in [-0.25, -0.2) is 4.39 Å². The van der Waals surface area contributed by atoms with Gasteiger partial charge in [0.2, 0.25) is 0 Å². The van der Waals surface area contributed by atoms with Gasteiger partial charge in [0.25, 0.3) is 0 Å². The van der Waals surface area contributed by atoms with E-state index >= 15 is 0 Å². The number of nitrogens with two attached hydrogens (primary N) is 1. The molecule has 1 heterocycles. The van der Waals surface area contributed by atoms with Gasteiger partial charge in [0.05, 0.1) is 6.04 Å². The highest BCUT2D eigenvalue weighted by Gasteiger charge is 2.17. The summed E-state index contributed by atoms with van der Waals surface area (Å²) >= 11 is 0. The molecule has 0 amide bonds. The topological polar surface area (TPSA) is 39.2 Å². The highest BCUT2D eigenvalue weighted by molar-refractivity contribution is 5.78. The Morgan fingerprint density at radius 1 is 1.38 bits per heavy atom. The summed E-state index contributed by atoms with van der Waals surface area (Å²) in [5.41, 5.74) is 6.75. The van der Waals surface area contributed by atoms with Crippen LogP contribution in [0.4, 0.5) is 4.39 Å². The third-order valence-electron chi connectivity index (χ3n) is 3.08. The zero-order valence-corrected chi connectivity index (χ0v) is 9.53. The van der Waals surface area contributed by atoms with E-state index in [9.17, 15) is 4.39 Å². The lowest BCUT2D eigenvalue weighted by Gasteiger charge is -2.15. The molecule has 0 fully saturated rings. The third-order valence-corrected chi connectivity index (χ3v) is 3.08. The van der Waals surface area contributed by atoms with E-state index < -0.39 is 0 Å². The summed E-state index contributed by atoms with van der Waals surface area (Å²) < 4.78 is 18.6. The van der Waals surface area contributed by atoms with Crippen molar-refractivity contribution < 1.29 is 8.81 Å². The Bertz CT molecular complexity index is 492. The minimum absolute atomic E-state index is 0.125. The first-order chi connectivity index (χ1) is 7.61. The Labute approximate surface area is 94.2 Å². The molecule has 0 spiro atoms. The van der Waals surface area contributed by atoms with Gasteiger partial charge in [-0.1, -0.05) is 20.3 Å². The highest BCUT2D eigenvalue weighted by atomic mass is 19.1. The molecule has 1 aromatic heterocycles. The number of hydrogen-bond acceptors (Lipinski definition) is 2. The van der Waals surface area contributed by atoms with Crippen molar-refractivity contribution in [2.45, 2.75) is 26.3 Å². The molecular formula is C13H16FNO. The van der Waals surface area contributed by atoms with E-state index in [1.807, 2.05) is 6.07 Å². The highest BCUT2D eigenvalue weighted by Crippen LogP contribution is 2.28. The number of benzene rings is 1. The minimum Gasteiger partial charge on any atom is -0.459 e. The van der Waals surface area contributed by atoms with E-state index in [0.717, 1.165) is 17.6 Å². The lowest BCUT2D eigenvalue weighted by molar-refractivity contribution is 0.388. The molecule has 3 heteroatoms. The van der Waals surface area contributed by atoms with Gasteiger partial charge >= 0.3 is 0 Å². The summed E-state index contributed by atoms with van der Waals surface area (Å²) in [6, 6.07) is 6.20. The molecule has 0 aliphatic rings. The normalized spacial score (nSPS) is 15.2. The quantitative estimate of drug-likeness (QED) is 0.859. The van der Waals surface area contributed by atoms with Gasteiger partial charge in [0, 0.05) is 5.39 Å². The summed E-state index contributed by atoms with van der Waals surface area (Å²) in [6.45, 7) is 4.17. The fourth-order valence-corrected chi connectivity index (χ4v) is 1.73. The van der Waals surface area contributed by atoms with Gasteiger partial charge in [-0.15, -0.1) is 0 Å². The van der Waals surface area contributed by atoms with Gasteiger partial charge in [-0.3, -0.25) is 0 Å². The van der Waals surface area contributed by atoms with Crippen LogP contribution in [0.25, 0.3) is 11.0 Å². The zero-order chi connectivity index (χ0) is 11.7. The molecule has 0 radical (unpaired) electrons. The van der Waals surface area contributed by atoms with Crippen molar-refractivity contribution in [3.8, 4) is 0 Å². The van der Waals surface area contributed by atoms with Crippen LogP contribution in [0.3, 0.4) is 0 Å². The third kappa shape index (κ3) is 1.95.